The number of carbonyl (C=O) groups is 11. The molecule has 18 N–H and O–H groups in total. The van der Waals surface area contributed by atoms with Crippen molar-refractivity contribution in [1.29, 1.82) is 0 Å². The first-order valence-electron chi connectivity index (χ1n) is 34.8. The van der Waals surface area contributed by atoms with Crippen LogP contribution in [0, 0.1) is 11.8 Å². The highest BCUT2D eigenvalue weighted by Gasteiger charge is 2.36. The largest absolute Gasteiger partial charge is 0.508 e. The zero-order valence-corrected chi connectivity index (χ0v) is 57.1. The van der Waals surface area contributed by atoms with Gasteiger partial charge in [0.05, 0.1) is 19.7 Å². The Morgan fingerprint density at radius 2 is 0.979 bits per heavy atom. The third kappa shape index (κ3) is 33.1. The molecule has 26 nitrogen and oxygen atoms in total. The average Bonchev–Trinajstić information content (AvgIpc) is 0.820. The predicted octanol–water partition coefficient (Wildman–Crippen LogP) is 3.74. The molecule has 0 spiro atoms. The van der Waals surface area contributed by atoms with E-state index < -0.39 is 134 Å². The Balaban J connectivity index is 1.82. The molecule has 8 atom stereocenters. The smallest absolute Gasteiger partial charge is 0.303 e. The second-order valence-corrected chi connectivity index (χ2v) is 25.6. The van der Waals surface area contributed by atoms with E-state index in [9.17, 15) is 68.1 Å². The Labute approximate surface area is 566 Å². The summed E-state index contributed by atoms with van der Waals surface area (Å²) in [6, 6.07) is 3.48. The van der Waals surface area contributed by atoms with Gasteiger partial charge in [-0.2, -0.15) is 0 Å². The summed E-state index contributed by atoms with van der Waals surface area (Å²) in [4.78, 5) is 150. The number of carboxylic acids is 1. The monoisotopic (exact) mass is 1340 g/mol. The lowest BCUT2D eigenvalue weighted by Gasteiger charge is -2.29. The number of benzene rings is 2. The first-order valence-corrected chi connectivity index (χ1v) is 34.8. The molecule has 0 fully saturated rings. The fourth-order valence-electron chi connectivity index (χ4n) is 11.4. The van der Waals surface area contributed by atoms with Gasteiger partial charge in [0, 0.05) is 25.7 Å². The number of nitrogens with one attached hydrogen (secondary N) is 9. The van der Waals surface area contributed by atoms with Crippen LogP contribution in [0.3, 0.4) is 0 Å². The molecule has 536 valence electrons. The van der Waals surface area contributed by atoms with Crippen molar-refractivity contribution < 1.29 is 68.1 Å². The maximum atomic E-state index is 14.8. The normalized spacial score (nSPS) is 14.8. The fourth-order valence-corrected chi connectivity index (χ4v) is 11.4. The van der Waals surface area contributed by atoms with Crippen molar-refractivity contribution in [1.82, 2.24) is 47.9 Å². The number of unbranched alkanes of at least 4 members (excludes halogenated alkanes) is 14. The maximum absolute atomic E-state index is 14.8. The van der Waals surface area contributed by atoms with Crippen LogP contribution in [0.1, 0.15) is 205 Å². The van der Waals surface area contributed by atoms with Gasteiger partial charge in [0.25, 0.3) is 0 Å². The Morgan fingerprint density at radius 1 is 0.500 bits per heavy atom. The van der Waals surface area contributed by atoms with Crippen LogP contribution in [-0.4, -0.2) is 155 Å². The highest BCUT2D eigenvalue weighted by atomic mass is 16.4. The zero-order valence-electron chi connectivity index (χ0n) is 57.1. The molecule has 26 heteroatoms. The number of aromatic hydroxyl groups is 1. The molecule has 0 bridgehead atoms. The van der Waals surface area contributed by atoms with Crippen LogP contribution < -0.4 is 65.1 Å². The number of primary amides is 1. The standard InChI is InChI=1S/C70H112N12O14/c1-5-7-8-9-10-11-12-13-14-15-16-17-18-29-61(86)74-44-62(87)76-59(45-83)70(96)79-55(34-35-63(88)89)67(93)78-53(27-21-23-36-71)65(91)77-54(28-22-24-37-72)66(92)81-57(41-48-30-32-51(84)33-31-48)69(95)80-56(38-46(3)4)68(94)82-58(64(90)75-43-60(73)85)42-50-40-47(6-2)39-49-25-19-20-26-52(49)50/h19-20,25-26,30-33,40,46-47,53-59,83-84H,5-18,21-24,27-29,34-39,41-45,71-72H2,1-4H3,(H2,73,85)(H,74,86)(H,75,90)(H,76,87)(H,77,91)(H,78,93)(H,79,96)(H,80,95)(H,81,92)(H,82,94)(H,88,89). The van der Waals surface area contributed by atoms with Crippen LogP contribution in [0.5, 0.6) is 5.75 Å². The predicted molar refractivity (Wildman–Crippen MR) is 367 cm³/mol. The molecule has 0 saturated heterocycles. The first-order chi connectivity index (χ1) is 46.0. The number of amides is 10. The number of phenols is 1. The fraction of sp³-hybridized carbons (Fsp3) is 0.643. The molecule has 0 radical (unpaired) electrons. The number of aliphatic carboxylic acids is 1. The minimum atomic E-state index is -1.64. The van der Waals surface area contributed by atoms with E-state index in [1.165, 1.54) is 75.6 Å². The summed E-state index contributed by atoms with van der Waals surface area (Å²) in [7, 11) is 0. The van der Waals surface area contributed by atoms with E-state index in [-0.39, 0.29) is 87.9 Å². The Bertz CT molecular complexity index is 2800. The van der Waals surface area contributed by atoms with Gasteiger partial charge in [-0.05, 0) is 130 Å². The lowest BCUT2D eigenvalue weighted by Crippen LogP contribution is -2.60. The lowest BCUT2D eigenvalue weighted by molar-refractivity contribution is -0.139. The maximum Gasteiger partial charge on any atom is 0.303 e. The van der Waals surface area contributed by atoms with Crippen LogP contribution in [0.25, 0.3) is 5.57 Å². The number of hydrogen-bond acceptors (Lipinski definition) is 15. The number of aliphatic hydroxyl groups excluding tert-OH is 1. The lowest BCUT2D eigenvalue weighted by atomic mass is 9.81. The third-order valence-corrected chi connectivity index (χ3v) is 16.9. The second kappa shape index (κ2) is 47.0. The number of carboxylic acid groups (broad SMARTS) is 1. The van der Waals surface area contributed by atoms with E-state index in [2.05, 4.69) is 67.8 Å². The topological polar surface area (TPSA) is 435 Å². The minimum Gasteiger partial charge on any atom is -0.508 e. The summed E-state index contributed by atoms with van der Waals surface area (Å²) < 4.78 is 0. The highest BCUT2D eigenvalue weighted by Crippen LogP contribution is 2.33. The third-order valence-electron chi connectivity index (χ3n) is 16.9. The number of rotatable bonds is 51. The van der Waals surface area contributed by atoms with E-state index in [1.807, 2.05) is 38.1 Å². The molecule has 0 saturated carbocycles. The number of fused-ring (bicyclic) bond motifs is 1. The molecule has 0 heterocycles. The summed E-state index contributed by atoms with van der Waals surface area (Å²) >= 11 is 0. The zero-order chi connectivity index (χ0) is 70.8. The summed E-state index contributed by atoms with van der Waals surface area (Å²) in [5.41, 5.74) is 20.3. The second-order valence-electron chi connectivity index (χ2n) is 25.6. The molecule has 2 aromatic carbocycles. The highest BCUT2D eigenvalue weighted by molar-refractivity contribution is 5.98. The van der Waals surface area contributed by atoms with Crippen molar-refractivity contribution in [2.24, 2.45) is 29.0 Å². The summed E-state index contributed by atoms with van der Waals surface area (Å²) in [5, 5.41) is 53.4. The molecule has 3 rings (SSSR count). The first kappa shape index (κ1) is 82.3. The van der Waals surface area contributed by atoms with Crippen LogP contribution in [0.2, 0.25) is 0 Å². The van der Waals surface area contributed by atoms with Crippen LogP contribution in [0.4, 0.5) is 0 Å². The number of allylic oxidation sites excluding steroid dienone is 1. The molecular formula is C70H112N12O14. The van der Waals surface area contributed by atoms with Gasteiger partial charge in [-0.25, -0.2) is 0 Å². The van der Waals surface area contributed by atoms with Crippen molar-refractivity contribution in [3.63, 3.8) is 0 Å². The molecular weight excluding hydrogens is 1230 g/mol. The van der Waals surface area contributed by atoms with E-state index in [1.54, 1.807) is 0 Å². The quantitative estimate of drug-likeness (QED) is 0.0420. The van der Waals surface area contributed by atoms with Crippen LogP contribution in [0.15, 0.2) is 54.6 Å². The summed E-state index contributed by atoms with van der Waals surface area (Å²) in [6.45, 7) is 6.35. The number of aliphatic hydroxyl groups is 1. The van der Waals surface area contributed by atoms with E-state index in [0.717, 1.165) is 55.2 Å². The van der Waals surface area contributed by atoms with E-state index in [4.69, 9.17) is 17.2 Å². The molecule has 1 aliphatic rings. The Kier molecular flexibility index (Phi) is 40.3. The van der Waals surface area contributed by atoms with Gasteiger partial charge < -0.3 is 80.4 Å². The molecule has 0 aliphatic heterocycles. The Morgan fingerprint density at radius 3 is 1.49 bits per heavy atom. The van der Waals surface area contributed by atoms with Crippen LogP contribution >= 0.6 is 0 Å². The van der Waals surface area contributed by atoms with E-state index >= 15 is 0 Å². The van der Waals surface area contributed by atoms with Crippen molar-refractivity contribution in [2.45, 2.75) is 243 Å². The van der Waals surface area contributed by atoms with Gasteiger partial charge in [0.15, 0.2) is 0 Å². The molecule has 1 aliphatic carbocycles. The molecule has 2 aromatic rings. The van der Waals surface area contributed by atoms with Gasteiger partial charge in [0.1, 0.15) is 48.0 Å². The van der Waals surface area contributed by atoms with Crippen molar-refractivity contribution in [2.75, 3.05) is 32.8 Å². The molecule has 96 heavy (non-hydrogen) atoms. The van der Waals surface area contributed by atoms with Crippen LogP contribution in [-0.2, 0) is 65.6 Å². The Hall–Kier alpha value is -7.97. The molecule has 10 amide bonds. The van der Waals surface area contributed by atoms with Gasteiger partial charge in [0.2, 0.25) is 59.1 Å². The van der Waals surface area contributed by atoms with Gasteiger partial charge in [-0.1, -0.05) is 147 Å². The number of nitrogens with two attached hydrogens (primary N) is 3. The van der Waals surface area contributed by atoms with Gasteiger partial charge >= 0.3 is 5.97 Å². The summed E-state index contributed by atoms with van der Waals surface area (Å²) in [5.74, 6) is -9.57. The van der Waals surface area contributed by atoms with Crippen molar-refractivity contribution in [3.8, 4) is 5.75 Å². The van der Waals surface area contributed by atoms with Crippen molar-refractivity contribution in [3.05, 3.63) is 71.3 Å². The molecule has 8 unspecified atom stereocenters. The molecule has 0 aromatic heterocycles. The number of carbonyl (C=O) groups excluding carboxylic acids is 10. The van der Waals surface area contributed by atoms with Gasteiger partial charge in [-0.15, -0.1) is 0 Å². The number of phenolic OH excluding ortho intramolecular Hbond substituents is 1. The number of hydrogen-bond donors (Lipinski definition) is 15. The summed E-state index contributed by atoms with van der Waals surface area (Å²) in [6.07, 6.45) is 18.7. The SMILES string of the molecule is CCCCCCCCCCCCCCCC(=O)NCC(=O)NC(CO)C(=O)NC(CCC(=O)O)C(=O)NC(CCCCN)C(=O)NC(CCCCN)C(=O)NC(Cc1ccc(O)cc1)C(=O)NC(CC(C)C)C(=O)NC(CC1=CC(CC)Cc2ccccc21)C(=O)NCC(N)=O. The average molecular weight is 1350 g/mol. The van der Waals surface area contributed by atoms with Gasteiger partial charge in [-0.3, -0.25) is 52.7 Å². The minimum absolute atomic E-state index is 0.0256. The van der Waals surface area contributed by atoms with Crippen molar-refractivity contribution >= 4 is 70.6 Å². The van der Waals surface area contributed by atoms with E-state index in [0.29, 0.717) is 24.8 Å².